The lowest BCUT2D eigenvalue weighted by Crippen LogP contribution is -2.12. The molecule has 0 amide bonds. The molecular weight excluding hydrogens is 216 g/mol. The van der Waals surface area contributed by atoms with Crippen molar-refractivity contribution in [3.63, 3.8) is 0 Å². The molecule has 90 valence electrons. The molecule has 0 spiro atoms. The Morgan fingerprint density at radius 2 is 2.18 bits per heavy atom. The molecule has 0 saturated heterocycles. The number of aromatic nitrogens is 1. The first-order chi connectivity index (χ1) is 8.22. The lowest BCUT2D eigenvalue weighted by atomic mass is 9.94. The van der Waals surface area contributed by atoms with Crippen LogP contribution < -0.4 is 0 Å². The van der Waals surface area contributed by atoms with Crippen LogP contribution >= 0.6 is 0 Å². The molecule has 1 atom stereocenters. The van der Waals surface area contributed by atoms with Crippen LogP contribution in [0, 0.1) is 10.1 Å². The molecule has 1 unspecified atom stereocenters. The first-order valence-corrected chi connectivity index (χ1v) is 5.90. The number of benzene rings is 1. The van der Waals surface area contributed by atoms with E-state index in [1.165, 1.54) is 0 Å². The van der Waals surface area contributed by atoms with Crippen molar-refractivity contribution in [2.45, 2.75) is 25.7 Å². The van der Waals surface area contributed by atoms with Gasteiger partial charge < -0.3 is 4.98 Å². The molecule has 0 radical (unpaired) electrons. The average Bonchev–Trinajstić information content (AvgIpc) is 2.71. The van der Waals surface area contributed by atoms with E-state index in [2.05, 4.69) is 11.9 Å². The van der Waals surface area contributed by atoms with Gasteiger partial charge in [-0.1, -0.05) is 31.5 Å². The molecule has 0 saturated carbocycles. The fourth-order valence-corrected chi connectivity index (χ4v) is 2.31. The van der Waals surface area contributed by atoms with Crippen LogP contribution in [-0.4, -0.2) is 16.5 Å². The van der Waals surface area contributed by atoms with Crippen molar-refractivity contribution in [3.8, 4) is 0 Å². The third-order valence-corrected chi connectivity index (χ3v) is 3.07. The highest BCUT2D eigenvalue weighted by atomic mass is 16.6. The molecule has 17 heavy (non-hydrogen) atoms. The Morgan fingerprint density at radius 3 is 2.88 bits per heavy atom. The second-order valence-electron chi connectivity index (χ2n) is 4.29. The standard InChI is InChI=1S/C13H16N2O2/c1-2-5-10(9-15(16)17)12-8-14-13-7-4-3-6-11(12)13/h3-4,6-8,10,14H,2,5,9H2,1H3. The summed E-state index contributed by atoms with van der Waals surface area (Å²) in [4.78, 5) is 13.7. The number of nitro groups is 1. The third-order valence-electron chi connectivity index (χ3n) is 3.07. The second kappa shape index (κ2) is 4.99. The fourth-order valence-electron chi connectivity index (χ4n) is 2.31. The van der Waals surface area contributed by atoms with Gasteiger partial charge in [-0.05, 0) is 18.1 Å². The van der Waals surface area contributed by atoms with Crippen molar-refractivity contribution in [1.29, 1.82) is 0 Å². The van der Waals surface area contributed by atoms with Gasteiger partial charge in [0.1, 0.15) is 0 Å². The summed E-state index contributed by atoms with van der Waals surface area (Å²) in [7, 11) is 0. The van der Waals surface area contributed by atoms with Gasteiger partial charge in [-0.15, -0.1) is 0 Å². The van der Waals surface area contributed by atoms with E-state index in [0.717, 1.165) is 29.3 Å². The van der Waals surface area contributed by atoms with E-state index >= 15 is 0 Å². The van der Waals surface area contributed by atoms with E-state index in [-0.39, 0.29) is 17.4 Å². The van der Waals surface area contributed by atoms with Crippen LogP contribution in [0.1, 0.15) is 31.2 Å². The largest absolute Gasteiger partial charge is 0.361 e. The van der Waals surface area contributed by atoms with E-state index in [1.807, 2.05) is 30.5 Å². The first-order valence-electron chi connectivity index (χ1n) is 5.90. The summed E-state index contributed by atoms with van der Waals surface area (Å²) in [6, 6.07) is 7.94. The Bertz CT molecular complexity index is 519. The average molecular weight is 232 g/mol. The topological polar surface area (TPSA) is 58.9 Å². The smallest absolute Gasteiger partial charge is 0.210 e. The number of nitrogens with zero attached hydrogens (tertiary/aromatic N) is 1. The maximum absolute atomic E-state index is 10.7. The molecule has 2 rings (SSSR count). The summed E-state index contributed by atoms with van der Waals surface area (Å²) in [5.41, 5.74) is 2.12. The Morgan fingerprint density at radius 1 is 1.41 bits per heavy atom. The minimum absolute atomic E-state index is 0.00569. The first kappa shape index (κ1) is 11.6. The number of rotatable bonds is 5. The molecule has 4 heteroatoms. The van der Waals surface area contributed by atoms with Crippen molar-refractivity contribution < 1.29 is 4.92 Å². The van der Waals surface area contributed by atoms with Crippen molar-refractivity contribution in [2.24, 2.45) is 0 Å². The van der Waals surface area contributed by atoms with Gasteiger partial charge in [0.2, 0.25) is 6.54 Å². The van der Waals surface area contributed by atoms with E-state index in [9.17, 15) is 10.1 Å². The Hall–Kier alpha value is -1.84. The van der Waals surface area contributed by atoms with Gasteiger partial charge in [-0.2, -0.15) is 0 Å². The van der Waals surface area contributed by atoms with Gasteiger partial charge >= 0.3 is 0 Å². The zero-order valence-corrected chi connectivity index (χ0v) is 9.85. The molecule has 1 heterocycles. The molecule has 1 aromatic heterocycles. The normalized spacial score (nSPS) is 12.8. The predicted octanol–water partition coefficient (Wildman–Crippen LogP) is 3.33. The van der Waals surface area contributed by atoms with E-state index < -0.39 is 0 Å². The zero-order valence-electron chi connectivity index (χ0n) is 9.85. The summed E-state index contributed by atoms with van der Waals surface area (Å²) < 4.78 is 0. The lowest BCUT2D eigenvalue weighted by molar-refractivity contribution is -0.483. The van der Waals surface area contributed by atoms with Gasteiger partial charge in [-0.25, -0.2) is 0 Å². The highest BCUT2D eigenvalue weighted by Crippen LogP contribution is 2.28. The molecular formula is C13H16N2O2. The summed E-state index contributed by atoms with van der Waals surface area (Å²) in [6.07, 6.45) is 3.72. The van der Waals surface area contributed by atoms with Crippen LogP contribution in [0.25, 0.3) is 10.9 Å². The highest BCUT2D eigenvalue weighted by Gasteiger charge is 2.19. The monoisotopic (exact) mass is 232 g/mol. The molecule has 0 aliphatic carbocycles. The summed E-state index contributed by atoms with van der Waals surface area (Å²) in [6.45, 7) is 2.07. The molecule has 0 aliphatic heterocycles. The molecule has 2 aromatic rings. The van der Waals surface area contributed by atoms with Crippen molar-refractivity contribution in [2.75, 3.05) is 6.54 Å². The van der Waals surface area contributed by atoms with Crippen LogP contribution in [0.3, 0.4) is 0 Å². The zero-order chi connectivity index (χ0) is 12.3. The van der Waals surface area contributed by atoms with Crippen LogP contribution in [0.5, 0.6) is 0 Å². The number of fused-ring (bicyclic) bond motifs is 1. The van der Waals surface area contributed by atoms with Gasteiger partial charge in [-0.3, -0.25) is 10.1 Å². The van der Waals surface area contributed by atoms with Crippen LogP contribution in [0.4, 0.5) is 0 Å². The molecule has 0 bridgehead atoms. The van der Waals surface area contributed by atoms with Gasteiger partial charge in [0.05, 0.1) is 5.92 Å². The quantitative estimate of drug-likeness (QED) is 0.635. The maximum atomic E-state index is 10.7. The van der Waals surface area contributed by atoms with Crippen molar-refractivity contribution in [1.82, 2.24) is 4.98 Å². The van der Waals surface area contributed by atoms with E-state index in [4.69, 9.17) is 0 Å². The Balaban J connectivity index is 2.37. The fraction of sp³-hybridized carbons (Fsp3) is 0.385. The van der Waals surface area contributed by atoms with Crippen LogP contribution in [0.2, 0.25) is 0 Å². The van der Waals surface area contributed by atoms with Crippen molar-refractivity contribution >= 4 is 10.9 Å². The summed E-state index contributed by atoms with van der Waals surface area (Å²) in [5, 5.41) is 11.8. The lowest BCUT2D eigenvalue weighted by Gasteiger charge is -2.10. The molecule has 0 fully saturated rings. The van der Waals surface area contributed by atoms with Gasteiger partial charge in [0.15, 0.2) is 0 Å². The number of hydrogen-bond donors (Lipinski definition) is 1. The van der Waals surface area contributed by atoms with Gasteiger partial charge in [0.25, 0.3) is 0 Å². The number of hydrogen-bond acceptors (Lipinski definition) is 2. The number of nitrogens with one attached hydrogen (secondary N) is 1. The second-order valence-corrected chi connectivity index (χ2v) is 4.29. The third kappa shape index (κ3) is 2.46. The number of para-hydroxylation sites is 1. The minimum atomic E-state index is -0.220. The number of H-pyrrole nitrogens is 1. The SMILES string of the molecule is CCCC(C[N+](=O)[O-])c1c[nH]c2ccccc12. The van der Waals surface area contributed by atoms with E-state index in [0.29, 0.717) is 0 Å². The highest BCUT2D eigenvalue weighted by molar-refractivity contribution is 5.83. The van der Waals surface area contributed by atoms with Crippen LogP contribution in [0.15, 0.2) is 30.5 Å². The summed E-state index contributed by atoms with van der Waals surface area (Å²) >= 11 is 0. The van der Waals surface area contributed by atoms with E-state index in [1.54, 1.807) is 0 Å². The Kier molecular flexibility index (Phi) is 3.42. The maximum Gasteiger partial charge on any atom is 0.210 e. The number of aromatic amines is 1. The Labute approximate surface area is 99.8 Å². The molecule has 4 nitrogen and oxygen atoms in total. The van der Waals surface area contributed by atoms with Crippen LogP contribution in [-0.2, 0) is 0 Å². The molecule has 1 N–H and O–H groups in total. The molecule has 1 aromatic carbocycles. The van der Waals surface area contributed by atoms with Gasteiger partial charge in [0, 0.05) is 22.0 Å². The summed E-state index contributed by atoms with van der Waals surface area (Å²) in [5.74, 6) is 0.00569. The van der Waals surface area contributed by atoms with Crippen molar-refractivity contribution in [3.05, 3.63) is 46.1 Å². The minimum Gasteiger partial charge on any atom is -0.361 e. The molecule has 0 aliphatic rings. The predicted molar refractivity (Wildman–Crippen MR) is 67.8 cm³/mol.